The van der Waals surface area contributed by atoms with E-state index < -0.39 is 0 Å². The molecule has 0 saturated heterocycles. The molecule has 5 nitrogen and oxygen atoms in total. The van der Waals surface area contributed by atoms with Crippen LogP contribution in [0.15, 0.2) is 56.7 Å². The number of para-hydroxylation sites is 1. The average Bonchev–Trinajstić information content (AvgIpc) is 2.91. The highest BCUT2D eigenvalue weighted by Crippen LogP contribution is 2.23. The summed E-state index contributed by atoms with van der Waals surface area (Å²) in [6.07, 6.45) is 2.94. The van der Waals surface area contributed by atoms with Gasteiger partial charge < -0.3 is 9.15 Å². The standard InChI is InChI=1S/C13H11BrN2O3/c14-11-5-1-2-6-12(11)19-9-13(17)16-15-8-10-4-3-7-18-10/h1-8H,9H2,(H,16,17)/b15-8-. The summed E-state index contributed by atoms with van der Waals surface area (Å²) in [5.41, 5.74) is 2.34. The van der Waals surface area contributed by atoms with Crippen LogP contribution in [0.2, 0.25) is 0 Å². The number of amides is 1. The number of ether oxygens (including phenoxy) is 1. The predicted molar refractivity (Wildman–Crippen MR) is 74.1 cm³/mol. The summed E-state index contributed by atoms with van der Waals surface area (Å²) in [7, 11) is 0. The number of carbonyl (C=O) groups excluding carboxylic acids is 1. The van der Waals surface area contributed by atoms with Gasteiger partial charge in [0.2, 0.25) is 0 Å². The molecular weight excluding hydrogens is 312 g/mol. The van der Waals surface area contributed by atoms with Gasteiger partial charge in [-0.1, -0.05) is 12.1 Å². The van der Waals surface area contributed by atoms with Crippen molar-refractivity contribution in [3.05, 3.63) is 52.9 Å². The molecule has 0 saturated carbocycles. The number of hydrogen-bond donors (Lipinski definition) is 1. The molecule has 1 heterocycles. The van der Waals surface area contributed by atoms with Gasteiger partial charge in [0.15, 0.2) is 6.61 Å². The van der Waals surface area contributed by atoms with E-state index in [0.717, 1.165) is 4.47 Å². The average molecular weight is 323 g/mol. The number of nitrogens with zero attached hydrogens (tertiary/aromatic N) is 1. The van der Waals surface area contributed by atoms with Gasteiger partial charge in [0.05, 0.1) is 17.0 Å². The third kappa shape index (κ3) is 4.26. The maximum absolute atomic E-state index is 11.5. The topological polar surface area (TPSA) is 63.8 Å². The molecule has 0 aliphatic rings. The Morgan fingerprint density at radius 3 is 2.95 bits per heavy atom. The van der Waals surface area contributed by atoms with Gasteiger partial charge in [-0.25, -0.2) is 5.43 Å². The van der Waals surface area contributed by atoms with Gasteiger partial charge in [0.1, 0.15) is 11.5 Å². The van der Waals surface area contributed by atoms with Gasteiger partial charge in [-0.3, -0.25) is 4.79 Å². The lowest BCUT2D eigenvalue weighted by Crippen LogP contribution is -2.24. The monoisotopic (exact) mass is 322 g/mol. The van der Waals surface area contributed by atoms with Crippen molar-refractivity contribution in [1.82, 2.24) is 5.43 Å². The predicted octanol–water partition coefficient (Wildman–Crippen LogP) is 2.57. The molecule has 1 aromatic heterocycles. The second kappa shape index (κ2) is 6.75. The Hall–Kier alpha value is -2.08. The second-order valence-electron chi connectivity index (χ2n) is 3.53. The van der Waals surface area contributed by atoms with Gasteiger partial charge in [0.25, 0.3) is 5.91 Å². The number of rotatable bonds is 5. The molecular formula is C13H11BrN2O3. The zero-order valence-electron chi connectivity index (χ0n) is 9.88. The van der Waals surface area contributed by atoms with Crippen LogP contribution in [0.1, 0.15) is 5.76 Å². The smallest absolute Gasteiger partial charge is 0.277 e. The van der Waals surface area contributed by atoms with E-state index in [1.54, 1.807) is 18.2 Å². The normalized spacial score (nSPS) is 10.6. The van der Waals surface area contributed by atoms with Gasteiger partial charge in [-0.15, -0.1) is 0 Å². The zero-order valence-corrected chi connectivity index (χ0v) is 11.5. The molecule has 0 spiro atoms. The fourth-order valence-corrected chi connectivity index (χ4v) is 1.67. The molecule has 1 N–H and O–H groups in total. The third-order valence-corrected chi connectivity index (χ3v) is 2.77. The summed E-state index contributed by atoms with van der Waals surface area (Å²) in [5, 5.41) is 3.74. The fourth-order valence-electron chi connectivity index (χ4n) is 1.27. The molecule has 0 unspecified atom stereocenters. The van der Waals surface area contributed by atoms with Crippen LogP contribution in [-0.4, -0.2) is 18.7 Å². The van der Waals surface area contributed by atoms with E-state index in [2.05, 4.69) is 26.5 Å². The van der Waals surface area contributed by atoms with Crippen LogP contribution in [0.3, 0.4) is 0 Å². The molecule has 19 heavy (non-hydrogen) atoms. The summed E-state index contributed by atoms with van der Waals surface area (Å²) in [6.45, 7) is -0.113. The first-order chi connectivity index (χ1) is 9.25. The van der Waals surface area contributed by atoms with Crippen molar-refractivity contribution in [2.75, 3.05) is 6.61 Å². The molecule has 0 aliphatic carbocycles. The molecule has 1 aromatic carbocycles. The molecule has 0 atom stereocenters. The Morgan fingerprint density at radius 2 is 2.21 bits per heavy atom. The Bertz CT molecular complexity index is 567. The number of nitrogens with one attached hydrogen (secondary N) is 1. The van der Waals surface area contributed by atoms with Crippen molar-refractivity contribution >= 4 is 28.1 Å². The summed E-state index contributed by atoms with van der Waals surface area (Å²) in [5.74, 6) is 0.818. The zero-order chi connectivity index (χ0) is 13.5. The van der Waals surface area contributed by atoms with Gasteiger partial charge in [-0.2, -0.15) is 5.10 Å². The largest absolute Gasteiger partial charge is 0.483 e. The minimum atomic E-state index is -0.349. The lowest BCUT2D eigenvalue weighted by molar-refractivity contribution is -0.123. The minimum absolute atomic E-state index is 0.113. The Kier molecular flexibility index (Phi) is 4.74. The summed E-state index contributed by atoms with van der Waals surface area (Å²) in [6, 6.07) is 10.8. The van der Waals surface area contributed by atoms with E-state index in [4.69, 9.17) is 9.15 Å². The SMILES string of the molecule is O=C(COc1ccccc1Br)N/N=C\c1ccco1. The molecule has 0 fully saturated rings. The Balaban J connectivity index is 1.78. The number of furan rings is 1. The molecule has 6 heteroatoms. The maximum Gasteiger partial charge on any atom is 0.277 e. The Morgan fingerprint density at radius 1 is 1.37 bits per heavy atom. The first-order valence-corrected chi connectivity index (χ1v) is 6.28. The Labute approximate surface area is 118 Å². The number of benzene rings is 1. The van der Waals surface area contributed by atoms with Gasteiger partial charge in [-0.05, 0) is 40.2 Å². The quantitative estimate of drug-likeness (QED) is 0.679. The van der Waals surface area contributed by atoms with Gasteiger partial charge in [0, 0.05) is 0 Å². The first-order valence-electron chi connectivity index (χ1n) is 5.48. The highest BCUT2D eigenvalue weighted by Gasteiger charge is 2.03. The maximum atomic E-state index is 11.5. The van der Waals surface area contributed by atoms with Crippen molar-refractivity contribution in [3.63, 3.8) is 0 Å². The van der Waals surface area contributed by atoms with Crippen molar-refractivity contribution < 1.29 is 13.9 Å². The third-order valence-electron chi connectivity index (χ3n) is 2.12. The molecule has 2 rings (SSSR count). The van der Waals surface area contributed by atoms with Crippen molar-refractivity contribution in [2.45, 2.75) is 0 Å². The number of hydrazone groups is 1. The van der Waals surface area contributed by atoms with Crippen LogP contribution >= 0.6 is 15.9 Å². The van der Waals surface area contributed by atoms with Crippen LogP contribution in [0.5, 0.6) is 5.75 Å². The van der Waals surface area contributed by atoms with E-state index in [1.165, 1.54) is 12.5 Å². The molecule has 0 aliphatic heterocycles. The van der Waals surface area contributed by atoms with E-state index in [1.807, 2.05) is 18.2 Å². The molecule has 98 valence electrons. The molecule has 1 amide bonds. The minimum Gasteiger partial charge on any atom is -0.483 e. The van der Waals surface area contributed by atoms with Crippen LogP contribution in [-0.2, 0) is 4.79 Å². The summed E-state index contributed by atoms with van der Waals surface area (Å²) < 4.78 is 11.1. The van der Waals surface area contributed by atoms with E-state index in [-0.39, 0.29) is 12.5 Å². The van der Waals surface area contributed by atoms with Crippen LogP contribution in [0.25, 0.3) is 0 Å². The van der Waals surface area contributed by atoms with E-state index in [9.17, 15) is 4.79 Å². The number of hydrogen-bond acceptors (Lipinski definition) is 4. The number of carbonyl (C=O) groups is 1. The van der Waals surface area contributed by atoms with Crippen molar-refractivity contribution in [3.8, 4) is 5.75 Å². The van der Waals surface area contributed by atoms with Gasteiger partial charge >= 0.3 is 0 Å². The molecule has 0 radical (unpaired) electrons. The highest BCUT2D eigenvalue weighted by atomic mass is 79.9. The van der Waals surface area contributed by atoms with E-state index >= 15 is 0 Å². The first kappa shape index (κ1) is 13.4. The second-order valence-corrected chi connectivity index (χ2v) is 4.38. The van der Waals surface area contributed by atoms with Crippen molar-refractivity contribution in [1.29, 1.82) is 0 Å². The fraction of sp³-hybridized carbons (Fsp3) is 0.0769. The summed E-state index contributed by atoms with van der Waals surface area (Å²) >= 11 is 3.33. The van der Waals surface area contributed by atoms with Crippen LogP contribution in [0, 0.1) is 0 Å². The molecule has 0 bridgehead atoms. The lowest BCUT2D eigenvalue weighted by Gasteiger charge is -2.06. The lowest BCUT2D eigenvalue weighted by atomic mass is 10.3. The van der Waals surface area contributed by atoms with Crippen molar-refractivity contribution in [2.24, 2.45) is 5.10 Å². The highest BCUT2D eigenvalue weighted by molar-refractivity contribution is 9.10. The summed E-state index contributed by atoms with van der Waals surface area (Å²) in [4.78, 5) is 11.5. The van der Waals surface area contributed by atoms with E-state index in [0.29, 0.717) is 11.5 Å². The van der Waals surface area contributed by atoms with Crippen LogP contribution < -0.4 is 10.2 Å². The number of halogens is 1. The molecule has 2 aromatic rings. The van der Waals surface area contributed by atoms with Crippen LogP contribution in [0.4, 0.5) is 0 Å².